The third kappa shape index (κ3) is 5.94. The molecule has 1 amide bonds. The molecule has 0 unspecified atom stereocenters. The summed E-state index contributed by atoms with van der Waals surface area (Å²) in [7, 11) is -1.03. The normalized spacial score (nSPS) is 12.0. The average Bonchev–Trinajstić information content (AvgIpc) is 2.81. The van der Waals surface area contributed by atoms with Crippen LogP contribution in [0.4, 0.5) is 5.69 Å². The van der Waals surface area contributed by atoms with Crippen molar-refractivity contribution in [2.24, 2.45) is 0 Å². The molecular weight excluding hydrogens is 499 g/mol. The second kappa shape index (κ2) is 11.0. The van der Waals surface area contributed by atoms with E-state index in [4.69, 9.17) is 32.7 Å². The maximum atomic E-state index is 13.5. The highest BCUT2D eigenvalue weighted by Crippen LogP contribution is 2.31. The second-order valence-electron chi connectivity index (χ2n) is 7.35. The Bertz CT molecular complexity index is 1250. The zero-order valence-corrected chi connectivity index (χ0v) is 21.1. The van der Waals surface area contributed by atoms with Gasteiger partial charge in [-0.15, -0.1) is 0 Å². The largest absolute Gasteiger partial charge is 0.497 e. The summed E-state index contributed by atoms with van der Waals surface area (Å²) in [5.74, 6) is 0.621. The van der Waals surface area contributed by atoms with E-state index in [9.17, 15) is 13.2 Å². The van der Waals surface area contributed by atoms with Crippen LogP contribution in [0.15, 0.2) is 71.6 Å². The first kappa shape index (κ1) is 25.7. The van der Waals surface area contributed by atoms with Crippen molar-refractivity contribution >= 4 is 44.8 Å². The number of halogens is 2. The lowest BCUT2D eigenvalue weighted by Crippen LogP contribution is -2.41. The third-order valence-corrected chi connectivity index (χ3v) is 7.26. The Balaban J connectivity index is 1.93. The summed E-state index contributed by atoms with van der Waals surface area (Å²) in [6, 6.07) is 16.9. The molecule has 1 N–H and O–H groups in total. The summed E-state index contributed by atoms with van der Waals surface area (Å²) >= 11 is 12.2. The minimum atomic E-state index is -4.10. The molecule has 0 radical (unpaired) electrons. The first-order chi connectivity index (χ1) is 16.1. The molecule has 0 saturated heterocycles. The molecule has 0 saturated carbocycles. The molecule has 3 rings (SSSR count). The summed E-state index contributed by atoms with van der Waals surface area (Å²) in [6.07, 6.45) is 0. The average molecular weight is 523 g/mol. The van der Waals surface area contributed by atoms with Crippen LogP contribution in [0.2, 0.25) is 10.0 Å². The van der Waals surface area contributed by atoms with Gasteiger partial charge in [0.25, 0.3) is 10.0 Å². The fourth-order valence-electron chi connectivity index (χ4n) is 3.39. The first-order valence-corrected chi connectivity index (χ1v) is 12.4. The molecule has 0 aromatic heterocycles. The van der Waals surface area contributed by atoms with E-state index < -0.39 is 28.5 Å². The Hall–Kier alpha value is -2.94. The predicted octanol–water partition coefficient (Wildman–Crippen LogP) is 5.08. The minimum absolute atomic E-state index is 0.0291. The fraction of sp³-hybridized carbons (Fsp3) is 0.208. The number of rotatable bonds is 9. The van der Waals surface area contributed by atoms with Crippen LogP contribution in [0.5, 0.6) is 11.5 Å². The van der Waals surface area contributed by atoms with E-state index in [0.29, 0.717) is 17.1 Å². The highest BCUT2D eigenvalue weighted by molar-refractivity contribution is 7.92. The number of nitrogens with one attached hydrogen (secondary N) is 1. The van der Waals surface area contributed by atoms with Gasteiger partial charge in [0.05, 0.1) is 30.8 Å². The van der Waals surface area contributed by atoms with E-state index in [1.807, 2.05) is 0 Å². The van der Waals surface area contributed by atoms with Crippen molar-refractivity contribution in [1.29, 1.82) is 0 Å². The number of benzene rings is 3. The van der Waals surface area contributed by atoms with Crippen molar-refractivity contribution in [3.05, 3.63) is 82.3 Å². The molecule has 1 atom stereocenters. The minimum Gasteiger partial charge on any atom is -0.497 e. The van der Waals surface area contributed by atoms with Crippen LogP contribution in [0.25, 0.3) is 0 Å². The number of amides is 1. The summed E-state index contributed by atoms with van der Waals surface area (Å²) in [6.45, 7) is 1.27. The molecule has 3 aromatic carbocycles. The van der Waals surface area contributed by atoms with Crippen molar-refractivity contribution in [3.63, 3.8) is 0 Å². The lowest BCUT2D eigenvalue weighted by Gasteiger charge is -2.26. The van der Waals surface area contributed by atoms with Gasteiger partial charge in [-0.05, 0) is 55.5 Å². The van der Waals surface area contributed by atoms with Crippen molar-refractivity contribution in [2.45, 2.75) is 17.9 Å². The summed E-state index contributed by atoms with van der Waals surface area (Å²) < 4.78 is 38.5. The van der Waals surface area contributed by atoms with Gasteiger partial charge in [-0.25, -0.2) is 8.42 Å². The van der Waals surface area contributed by atoms with Crippen molar-refractivity contribution in [2.75, 3.05) is 25.1 Å². The number of hydrogen-bond donors (Lipinski definition) is 1. The van der Waals surface area contributed by atoms with Crippen LogP contribution in [0.3, 0.4) is 0 Å². The lowest BCUT2D eigenvalue weighted by molar-refractivity contribution is -0.120. The predicted molar refractivity (Wildman–Crippen MR) is 134 cm³/mol. The number of carbonyl (C=O) groups excluding carboxylic acids is 1. The Labute approximate surface area is 209 Å². The van der Waals surface area contributed by atoms with Crippen LogP contribution in [0.1, 0.15) is 18.5 Å². The van der Waals surface area contributed by atoms with Crippen LogP contribution in [0, 0.1) is 0 Å². The molecule has 10 heteroatoms. The van der Waals surface area contributed by atoms with E-state index in [1.54, 1.807) is 43.3 Å². The van der Waals surface area contributed by atoms with Crippen molar-refractivity contribution in [1.82, 2.24) is 5.32 Å². The topological polar surface area (TPSA) is 84.9 Å². The highest BCUT2D eigenvalue weighted by atomic mass is 35.5. The van der Waals surface area contributed by atoms with Gasteiger partial charge in [-0.3, -0.25) is 9.10 Å². The van der Waals surface area contributed by atoms with Gasteiger partial charge < -0.3 is 14.8 Å². The Morgan fingerprint density at radius 3 is 2.21 bits per heavy atom. The standard InChI is InChI=1S/C24H24Cl2N2O5S/c1-16(22-14-20(32-2)9-10-23(22)33-3)27-24(29)15-28(19-12-17(25)11-18(26)13-19)34(30,31)21-7-5-4-6-8-21/h4-14,16H,15H2,1-3H3,(H,27,29)/t16-/m0/s1. The number of carbonyl (C=O) groups is 1. The van der Waals surface area contributed by atoms with Gasteiger partial charge in [-0.2, -0.15) is 0 Å². The monoisotopic (exact) mass is 522 g/mol. The van der Waals surface area contributed by atoms with Crippen LogP contribution >= 0.6 is 23.2 Å². The number of nitrogens with zero attached hydrogens (tertiary/aromatic N) is 1. The Kier molecular flexibility index (Phi) is 8.30. The molecule has 0 bridgehead atoms. The Morgan fingerprint density at radius 1 is 0.971 bits per heavy atom. The molecule has 0 aliphatic carbocycles. The number of ether oxygens (including phenoxy) is 2. The molecule has 7 nitrogen and oxygen atoms in total. The fourth-order valence-corrected chi connectivity index (χ4v) is 5.33. The molecule has 0 fully saturated rings. The van der Waals surface area contributed by atoms with Crippen LogP contribution < -0.4 is 19.1 Å². The quantitative estimate of drug-likeness (QED) is 0.423. The number of methoxy groups -OCH3 is 2. The zero-order valence-electron chi connectivity index (χ0n) is 18.8. The number of hydrogen-bond acceptors (Lipinski definition) is 5. The van der Waals surface area contributed by atoms with Gasteiger partial charge in [-0.1, -0.05) is 41.4 Å². The van der Waals surface area contributed by atoms with E-state index in [1.165, 1.54) is 44.6 Å². The maximum Gasteiger partial charge on any atom is 0.264 e. The summed E-state index contributed by atoms with van der Waals surface area (Å²) in [5, 5.41) is 3.31. The van der Waals surface area contributed by atoms with Gasteiger partial charge in [0.1, 0.15) is 18.0 Å². The summed E-state index contributed by atoms with van der Waals surface area (Å²) in [4.78, 5) is 13.1. The zero-order chi connectivity index (χ0) is 24.9. The van der Waals surface area contributed by atoms with Gasteiger partial charge >= 0.3 is 0 Å². The van der Waals surface area contributed by atoms with E-state index in [2.05, 4.69) is 5.32 Å². The number of anilines is 1. The molecule has 0 heterocycles. The van der Waals surface area contributed by atoms with Gasteiger partial charge in [0.2, 0.25) is 5.91 Å². The smallest absolute Gasteiger partial charge is 0.264 e. The molecule has 0 spiro atoms. The molecule has 180 valence electrons. The van der Waals surface area contributed by atoms with Crippen LogP contribution in [-0.2, 0) is 14.8 Å². The van der Waals surface area contributed by atoms with E-state index >= 15 is 0 Å². The molecule has 0 aliphatic heterocycles. The van der Waals surface area contributed by atoms with Crippen molar-refractivity contribution < 1.29 is 22.7 Å². The highest BCUT2D eigenvalue weighted by Gasteiger charge is 2.28. The van der Waals surface area contributed by atoms with E-state index in [0.717, 1.165) is 4.31 Å². The second-order valence-corrected chi connectivity index (χ2v) is 10.1. The molecule has 34 heavy (non-hydrogen) atoms. The first-order valence-electron chi connectivity index (χ1n) is 10.2. The van der Waals surface area contributed by atoms with Crippen molar-refractivity contribution in [3.8, 4) is 11.5 Å². The van der Waals surface area contributed by atoms with Gasteiger partial charge in [0, 0.05) is 15.6 Å². The third-order valence-electron chi connectivity index (χ3n) is 5.03. The van der Waals surface area contributed by atoms with Gasteiger partial charge in [0.15, 0.2) is 0 Å². The maximum absolute atomic E-state index is 13.5. The lowest BCUT2D eigenvalue weighted by atomic mass is 10.1. The van der Waals surface area contributed by atoms with E-state index in [-0.39, 0.29) is 20.6 Å². The molecule has 3 aromatic rings. The SMILES string of the molecule is COc1ccc(OC)c([C@H](C)NC(=O)CN(c2cc(Cl)cc(Cl)c2)S(=O)(=O)c2ccccc2)c1. The Morgan fingerprint density at radius 2 is 1.62 bits per heavy atom. The van der Waals surface area contributed by atoms with Crippen LogP contribution in [-0.4, -0.2) is 35.1 Å². The summed E-state index contributed by atoms with van der Waals surface area (Å²) in [5.41, 5.74) is 0.849. The number of sulfonamides is 1. The molecular formula is C24H24Cl2N2O5S. The molecule has 0 aliphatic rings.